The van der Waals surface area contributed by atoms with Gasteiger partial charge in [0, 0.05) is 11.6 Å². The Bertz CT molecular complexity index is 643. The van der Waals surface area contributed by atoms with E-state index in [-0.39, 0.29) is 0 Å². The molecular weight excluding hydrogens is 289 g/mol. The molecular formula is C13H11Cl2NO3. The van der Waals surface area contributed by atoms with E-state index in [1.165, 1.54) is 13.3 Å². The van der Waals surface area contributed by atoms with E-state index in [0.717, 1.165) is 0 Å². The number of pyridine rings is 1. The number of esters is 1. The Morgan fingerprint density at radius 3 is 2.68 bits per heavy atom. The van der Waals surface area contributed by atoms with Gasteiger partial charge >= 0.3 is 5.97 Å². The van der Waals surface area contributed by atoms with Gasteiger partial charge in [0.1, 0.15) is 5.52 Å². The summed E-state index contributed by atoms with van der Waals surface area (Å²) in [7, 11) is 1.50. The quantitative estimate of drug-likeness (QED) is 0.810. The Morgan fingerprint density at radius 2 is 2.05 bits per heavy atom. The Labute approximate surface area is 120 Å². The summed E-state index contributed by atoms with van der Waals surface area (Å²) < 4.78 is 10.1. The second-order valence-corrected chi connectivity index (χ2v) is 4.53. The van der Waals surface area contributed by atoms with Crippen LogP contribution in [0.5, 0.6) is 5.75 Å². The molecule has 1 aromatic carbocycles. The Kier molecular flexibility index (Phi) is 4.12. The van der Waals surface area contributed by atoms with Crippen LogP contribution < -0.4 is 4.74 Å². The average molecular weight is 300 g/mol. The number of ether oxygens (including phenoxy) is 2. The van der Waals surface area contributed by atoms with Crippen LogP contribution in [0.4, 0.5) is 0 Å². The van der Waals surface area contributed by atoms with Crippen molar-refractivity contribution in [3.8, 4) is 5.75 Å². The lowest BCUT2D eigenvalue weighted by molar-refractivity contribution is 0.0526. The van der Waals surface area contributed by atoms with E-state index >= 15 is 0 Å². The van der Waals surface area contributed by atoms with Crippen LogP contribution in [0.2, 0.25) is 10.0 Å². The lowest BCUT2D eigenvalue weighted by Crippen LogP contribution is -2.05. The third kappa shape index (κ3) is 2.60. The predicted molar refractivity (Wildman–Crippen MR) is 74.3 cm³/mol. The fourth-order valence-corrected chi connectivity index (χ4v) is 2.30. The molecule has 1 heterocycles. The minimum Gasteiger partial charge on any atom is -0.493 e. The highest BCUT2D eigenvalue weighted by molar-refractivity contribution is 6.39. The number of carbonyl (C=O) groups is 1. The third-order valence-electron chi connectivity index (χ3n) is 2.55. The largest absolute Gasteiger partial charge is 0.493 e. The summed E-state index contributed by atoms with van der Waals surface area (Å²) in [5, 5.41) is 1.37. The van der Waals surface area contributed by atoms with E-state index in [2.05, 4.69) is 4.98 Å². The highest BCUT2D eigenvalue weighted by atomic mass is 35.5. The number of halogens is 2. The van der Waals surface area contributed by atoms with Gasteiger partial charge in [-0.15, -0.1) is 0 Å². The zero-order valence-electron chi connectivity index (χ0n) is 10.4. The highest BCUT2D eigenvalue weighted by Crippen LogP contribution is 2.37. The topological polar surface area (TPSA) is 48.4 Å². The van der Waals surface area contributed by atoms with Crippen molar-refractivity contribution in [3.05, 3.63) is 33.9 Å². The molecule has 1 aromatic heterocycles. The maximum Gasteiger partial charge on any atom is 0.339 e. The monoisotopic (exact) mass is 299 g/mol. The number of hydrogen-bond acceptors (Lipinski definition) is 4. The summed E-state index contributed by atoms with van der Waals surface area (Å²) >= 11 is 12.1. The normalized spacial score (nSPS) is 10.5. The number of rotatable bonds is 3. The van der Waals surface area contributed by atoms with Crippen LogP contribution in [0.3, 0.4) is 0 Å². The van der Waals surface area contributed by atoms with E-state index < -0.39 is 5.97 Å². The van der Waals surface area contributed by atoms with Crippen LogP contribution in [0.1, 0.15) is 17.3 Å². The zero-order valence-corrected chi connectivity index (χ0v) is 11.9. The zero-order chi connectivity index (χ0) is 14.0. The van der Waals surface area contributed by atoms with Crippen molar-refractivity contribution >= 4 is 40.1 Å². The van der Waals surface area contributed by atoms with Crippen molar-refractivity contribution in [1.29, 1.82) is 0 Å². The van der Waals surface area contributed by atoms with Crippen LogP contribution in [0.15, 0.2) is 18.3 Å². The molecule has 0 amide bonds. The molecule has 100 valence electrons. The number of carbonyl (C=O) groups excluding carboxylic acids is 1. The van der Waals surface area contributed by atoms with Gasteiger partial charge in [0.15, 0.2) is 5.75 Å². The second-order valence-electron chi connectivity index (χ2n) is 3.71. The Morgan fingerprint density at radius 1 is 1.32 bits per heavy atom. The maximum atomic E-state index is 11.7. The van der Waals surface area contributed by atoms with Gasteiger partial charge in [-0.3, -0.25) is 4.98 Å². The van der Waals surface area contributed by atoms with Gasteiger partial charge < -0.3 is 9.47 Å². The SMILES string of the molecule is CCOC(=O)c1cnc2c(OC)c(Cl)cc(Cl)c2c1. The summed E-state index contributed by atoms with van der Waals surface area (Å²) in [6.45, 7) is 2.04. The molecule has 0 unspecified atom stereocenters. The summed E-state index contributed by atoms with van der Waals surface area (Å²) in [6, 6.07) is 3.17. The lowest BCUT2D eigenvalue weighted by Gasteiger charge is -2.09. The first-order chi connectivity index (χ1) is 9.08. The smallest absolute Gasteiger partial charge is 0.339 e. The number of aromatic nitrogens is 1. The molecule has 0 aliphatic heterocycles. The van der Waals surface area contributed by atoms with E-state index in [9.17, 15) is 4.79 Å². The van der Waals surface area contributed by atoms with Gasteiger partial charge in [-0.05, 0) is 19.1 Å². The fourth-order valence-electron chi connectivity index (χ4n) is 1.72. The van der Waals surface area contributed by atoms with E-state index in [1.807, 2.05) is 0 Å². The van der Waals surface area contributed by atoms with Crippen molar-refractivity contribution in [2.45, 2.75) is 6.92 Å². The standard InChI is InChI=1S/C13H11Cl2NO3/c1-3-19-13(17)7-4-8-9(14)5-10(15)12(18-2)11(8)16-6-7/h4-6H,3H2,1-2H3. The highest BCUT2D eigenvalue weighted by Gasteiger charge is 2.15. The first-order valence-electron chi connectivity index (χ1n) is 5.57. The summed E-state index contributed by atoms with van der Waals surface area (Å²) in [5.41, 5.74) is 0.841. The Balaban J connectivity index is 2.64. The van der Waals surface area contributed by atoms with Crippen LogP contribution in [-0.4, -0.2) is 24.7 Å². The summed E-state index contributed by atoms with van der Waals surface area (Å²) in [4.78, 5) is 15.8. The molecule has 0 N–H and O–H groups in total. The number of methoxy groups -OCH3 is 1. The second kappa shape index (κ2) is 5.63. The van der Waals surface area contributed by atoms with Gasteiger partial charge in [-0.2, -0.15) is 0 Å². The van der Waals surface area contributed by atoms with Gasteiger partial charge in [0.2, 0.25) is 0 Å². The number of fused-ring (bicyclic) bond motifs is 1. The maximum absolute atomic E-state index is 11.7. The molecule has 4 nitrogen and oxygen atoms in total. The molecule has 0 aliphatic rings. The van der Waals surface area contributed by atoms with Gasteiger partial charge in [-0.25, -0.2) is 4.79 Å². The molecule has 0 radical (unpaired) electrons. The van der Waals surface area contributed by atoms with Crippen LogP contribution in [-0.2, 0) is 4.74 Å². The van der Waals surface area contributed by atoms with Crippen molar-refractivity contribution in [2.75, 3.05) is 13.7 Å². The average Bonchev–Trinajstić information content (AvgIpc) is 2.39. The first kappa shape index (κ1) is 13.9. The number of hydrogen-bond donors (Lipinski definition) is 0. The van der Waals surface area contributed by atoms with Crippen molar-refractivity contribution in [1.82, 2.24) is 4.98 Å². The van der Waals surface area contributed by atoms with Gasteiger partial charge in [0.05, 0.1) is 29.3 Å². The molecule has 0 atom stereocenters. The van der Waals surface area contributed by atoms with E-state index in [1.54, 1.807) is 19.1 Å². The molecule has 0 bridgehead atoms. The molecule has 19 heavy (non-hydrogen) atoms. The minimum atomic E-state index is -0.443. The predicted octanol–water partition coefficient (Wildman–Crippen LogP) is 3.73. The van der Waals surface area contributed by atoms with Gasteiger partial charge in [0.25, 0.3) is 0 Å². The van der Waals surface area contributed by atoms with E-state index in [4.69, 9.17) is 32.7 Å². The third-order valence-corrected chi connectivity index (χ3v) is 3.14. The van der Waals surface area contributed by atoms with Gasteiger partial charge in [-0.1, -0.05) is 23.2 Å². The lowest BCUT2D eigenvalue weighted by atomic mass is 10.1. The molecule has 0 saturated heterocycles. The fraction of sp³-hybridized carbons (Fsp3) is 0.231. The van der Waals surface area contributed by atoms with Crippen LogP contribution >= 0.6 is 23.2 Å². The van der Waals surface area contributed by atoms with E-state index in [0.29, 0.717) is 38.9 Å². The van der Waals surface area contributed by atoms with Crippen molar-refractivity contribution in [2.24, 2.45) is 0 Å². The molecule has 6 heteroatoms. The molecule has 2 rings (SSSR count). The Hall–Kier alpha value is -1.52. The summed E-state index contributed by atoms with van der Waals surface area (Å²) in [5.74, 6) is -0.0154. The number of benzene rings is 1. The van der Waals surface area contributed by atoms with Crippen LogP contribution in [0.25, 0.3) is 10.9 Å². The molecule has 0 fully saturated rings. The molecule has 2 aromatic rings. The molecule has 0 spiro atoms. The summed E-state index contributed by atoms with van der Waals surface area (Å²) in [6.07, 6.45) is 1.41. The molecule has 0 saturated carbocycles. The minimum absolute atomic E-state index is 0.300. The first-order valence-corrected chi connectivity index (χ1v) is 6.33. The number of nitrogens with zero attached hydrogens (tertiary/aromatic N) is 1. The van der Waals surface area contributed by atoms with Crippen molar-refractivity contribution < 1.29 is 14.3 Å². The van der Waals surface area contributed by atoms with Crippen LogP contribution in [0, 0.1) is 0 Å². The molecule has 0 aliphatic carbocycles. The van der Waals surface area contributed by atoms with Crippen molar-refractivity contribution in [3.63, 3.8) is 0 Å².